The Morgan fingerprint density at radius 3 is 2.33 bits per heavy atom. The molecule has 18 heavy (non-hydrogen) atoms. The minimum absolute atomic E-state index is 0.353. The van der Waals surface area contributed by atoms with Gasteiger partial charge in [0.05, 0.1) is 13.7 Å². The van der Waals surface area contributed by atoms with Crippen molar-refractivity contribution in [2.45, 2.75) is 20.8 Å². The molecular formula is C14H21NO3. The minimum Gasteiger partial charge on any atom is -0.497 e. The molecule has 0 radical (unpaired) electrons. The van der Waals surface area contributed by atoms with Gasteiger partial charge >= 0.3 is 6.09 Å². The van der Waals surface area contributed by atoms with E-state index in [-0.39, 0.29) is 0 Å². The van der Waals surface area contributed by atoms with Gasteiger partial charge in [-0.1, -0.05) is 20.8 Å². The standard InChI is InChI=1S/C14H21NO3/c1-10(2)11(3)9-18-14(16)15-12-5-7-13(17-4)8-6-12/h5-8,10-11H,9H2,1-4H3,(H,15,16)/t11-/m0/s1. The lowest BCUT2D eigenvalue weighted by Gasteiger charge is -2.15. The number of carbonyl (C=O) groups excluding carboxylic acids is 1. The Hall–Kier alpha value is -1.71. The minimum atomic E-state index is -0.423. The molecular weight excluding hydrogens is 230 g/mol. The van der Waals surface area contributed by atoms with E-state index < -0.39 is 6.09 Å². The van der Waals surface area contributed by atoms with E-state index in [0.29, 0.717) is 24.1 Å². The predicted molar refractivity (Wildman–Crippen MR) is 72.0 cm³/mol. The summed E-state index contributed by atoms with van der Waals surface area (Å²) in [5.74, 6) is 1.60. The van der Waals surface area contributed by atoms with Crippen LogP contribution in [0, 0.1) is 11.8 Å². The molecule has 4 heteroatoms. The lowest BCUT2D eigenvalue weighted by molar-refractivity contribution is 0.133. The zero-order valence-electron chi connectivity index (χ0n) is 11.4. The molecule has 0 heterocycles. The van der Waals surface area contributed by atoms with Crippen molar-refractivity contribution >= 4 is 11.8 Å². The topological polar surface area (TPSA) is 47.6 Å². The molecule has 0 saturated heterocycles. The summed E-state index contributed by atoms with van der Waals surface area (Å²) < 4.78 is 10.2. The van der Waals surface area contributed by atoms with E-state index in [4.69, 9.17) is 9.47 Å². The Labute approximate surface area is 108 Å². The van der Waals surface area contributed by atoms with E-state index in [1.165, 1.54) is 0 Å². The van der Waals surface area contributed by atoms with E-state index in [1.807, 2.05) is 0 Å². The maximum Gasteiger partial charge on any atom is 0.411 e. The van der Waals surface area contributed by atoms with Crippen LogP contribution >= 0.6 is 0 Å². The third-order valence-electron chi connectivity index (χ3n) is 2.95. The largest absolute Gasteiger partial charge is 0.497 e. The van der Waals surface area contributed by atoms with Crippen molar-refractivity contribution in [1.29, 1.82) is 0 Å². The Morgan fingerprint density at radius 1 is 1.22 bits per heavy atom. The van der Waals surface area contributed by atoms with Crippen LogP contribution in [-0.4, -0.2) is 19.8 Å². The molecule has 0 spiro atoms. The quantitative estimate of drug-likeness (QED) is 0.870. The molecule has 0 aliphatic rings. The number of amides is 1. The molecule has 0 aliphatic carbocycles. The van der Waals surface area contributed by atoms with Gasteiger partial charge in [-0.2, -0.15) is 0 Å². The van der Waals surface area contributed by atoms with Gasteiger partial charge in [0, 0.05) is 5.69 Å². The number of nitrogens with one attached hydrogen (secondary N) is 1. The third kappa shape index (κ3) is 4.65. The summed E-state index contributed by atoms with van der Waals surface area (Å²) in [5.41, 5.74) is 0.693. The van der Waals surface area contributed by atoms with Gasteiger partial charge in [0.1, 0.15) is 5.75 Å². The van der Waals surface area contributed by atoms with E-state index in [1.54, 1.807) is 31.4 Å². The van der Waals surface area contributed by atoms with Crippen LogP contribution in [0.15, 0.2) is 24.3 Å². The highest BCUT2D eigenvalue weighted by atomic mass is 16.5. The maximum absolute atomic E-state index is 11.5. The first-order chi connectivity index (χ1) is 8.52. The SMILES string of the molecule is COc1ccc(NC(=O)OC[C@H](C)C(C)C)cc1. The molecule has 1 rings (SSSR count). The average Bonchev–Trinajstić information content (AvgIpc) is 2.36. The summed E-state index contributed by atoms with van der Waals surface area (Å²) in [6, 6.07) is 7.11. The molecule has 1 amide bonds. The van der Waals surface area contributed by atoms with Crippen molar-refractivity contribution in [3.63, 3.8) is 0 Å². The van der Waals surface area contributed by atoms with Crippen LogP contribution in [-0.2, 0) is 4.74 Å². The molecule has 1 aromatic rings. The second-order valence-electron chi connectivity index (χ2n) is 4.67. The molecule has 0 bridgehead atoms. The van der Waals surface area contributed by atoms with Crippen molar-refractivity contribution in [2.24, 2.45) is 11.8 Å². The molecule has 0 fully saturated rings. The number of rotatable bonds is 5. The predicted octanol–water partition coefficient (Wildman–Crippen LogP) is 3.54. The summed E-state index contributed by atoms with van der Waals surface area (Å²) in [6.45, 7) is 6.70. The van der Waals surface area contributed by atoms with Gasteiger partial charge in [-0.25, -0.2) is 4.79 Å². The summed E-state index contributed by atoms with van der Waals surface area (Å²) in [5, 5.41) is 2.67. The van der Waals surface area contributed by atoms with Gasteiger partial charge in [0.15, 0.2) is 0 Å². The van der Waals surface area contributed by atoms with Crippen LogP contribution in [0.5, 0.6) is 5.75 Å². The van der Waals surface area contributed by atoms with Crippen LogP contribution in [0.3, 0.4) is 0 Å². The summed E-state index contributed by atoms with van der Waals surface area (Å²) in [4.78, 5) is 11.5. The Bertz CT molecular complexity index is 373. The van der Waals surface area contributed by atoms with Crippen LogP contribution in [0.2, 0.25) is 0 Å². The monoisotopic (exact) mass is 251 g/mol. The molecule has 1 atom stereocenters. The van der Waals surface area contributed by atoms with E-state index in [0.717, 1.165) is 5.75 Å². The van der Waals surface area contributed by atoms with Crippen molar-refractivity contribution in [1.82, 2.24) is 0 Å². The lowest BCUT2D eigenvalue weighted by Crippen LogP contribution is -2.19. The molecule has 4 nitrogen and oxygen atoms in total. The van der Waals surface area contributed by atoms with Crippen LogP contribution < -0.4 is 10.1 Å². The first-order valence-corrected chi connectivity index (χ1v) is 6.10. The molecule has 0 aliphatic heterocycles. The van der Waals surface area contributed by atoms with Crippen molar-refractivity contribution < 1.29 is 14.3 Å². The normalized spacial score (nSPS) is 12.1. The third-order valence-corrected chi connectivity index (χ3v) is 2.95. The lowest BCUT2D eigenvalue weighted by atomic mass is 10.00. The fraction of sp³-hybridized carbons (Fsp3) is 0.500. The number of ether oxygens (including phenoxy) is 2. The summed E-state index contributed by atoms with van der Waals surface area (Å²) in [7, 11) is 1.60. The number of carbonyl (C=O) groups is 1. The van der Waals surface area contributed by atoms with Gasteiger partial charge in [-0.05, 0) is 36.1 Å². The number of methoxy groups -OCH3 is 1. The average molecular weight is 251 g/mol. The summed E-state index contributed by atoms with van der Waals surface area (Å²) >= 11 is 0. The van der Waals surface area contributed by atoms with Crippen molar-refractivity contribution in [2.75, 3.05) is 19.0 Å². The number of benzene rings is 1. The van der Waals surface area contributed by atoms with E-state index in [2.05, 4.69) is 26.1 Å². The van der Waals surface area contributed by atoms with Gasteiger partial charge < -0.3 is 9.47 Å². The van der Waals surface area contributed by atoms with Gasteiger partial charge in [0.2, 0.25) is 0 Å². The molecule has 0 aromatic heterocycles. The molecule has 1 aromatic carbocycles. The molecule has 100 valence electrons. The molecule has 0 unspecified atom stereocenters. The second-order valence-corrected chi connectivity index (χ2v) is 4.67. The number of hydrogen-bond acceptors (Lipinski definition) is 3. The first kappa shape index (κ1) is 14.4. The van der Waals surface area contributed by atoms with Gasteiger partial charge in [-0.3, -0.25) is 5.32 Å². The Balaban J connectivity index is 2.39. The number of hydrogen-bond donors (Lipinski definition) is 1. The molecule has 1 N–H and O–H groups in total. The van der Waals surface area contributed by atoms with Crippen LogP contribution in [0.4, 0.5) is 10.5 Å². The van der Waals surface area contributed by atoms with Crippen molar-refractivity contribution in [3.05, 3.63) is 24.3 Å². The Kier molecular flexibility index (Phi) is 5.49. The maximum atomic E-state index is 11.5. The smallest absolute Gasteiger partial charge is 0.411 e. The fourth-order valence-corrected chi connectivity index (χ4v) is 1.23. The van der Waals surface area contributed by atoms with E-state index >= 15 is 0 Å². The Morgan fingerprint density at radius 2 is 1.83 bits per heavy atom. The van der Waals surface area contributed by atoms with E-state index in [9.17, 15) is 4.79 Å². The molecule has 0 saturated carbocycles. The van der Waals surface area contributed by atoms with Crippen LogP contribution in [0.1, 0.15) is 20.8 Å². The fourth-order valence-electron chi connectivity index (χ4n) is 1.23. The highest BCUT2D eigenvalue weighted by Crippen LogP contribution is 2.15. The second kappa shape index (κ2) is 6.89. The highest BCUT2D eigenvalue weighted by molar-refractivity contribution is 5.84. The van der Waals surface area contributed by atoms with Gasteiger partial charge in [-0.15, -0.1) is 0 Å². The van der Waals surface area contributed by atoms with Gasteiger partial charge in [0.25, 0.3) is 0 Å². The zero-order chi connectivity index (χ0) is 13.5. The summed E-state index contributed by atoms with van der Waals surface area (Å²) in [6.07, 6.45) is -0.423. The van der Waals surface area contributed by atoms with Crippen molar-refractivity contribution in [3.8, 4) is 5.75 Å². The van der Waals surface area contributed by atoms with Crippen LogP contribution in [0.25, 0.3) is 0 Å². The first-order valence-electron chi connectivity index (χ1n) is 6.10. The zero-order valence-corrected chi connectivity index (χ0v) is 11.4. The number of anilines is 1. The highest BCUT2D eigenvalue weighted by Gasteiger charge is 2.10.